The van der Waals surface area contributed by atoms with Gasteiger partial charge >= 0.3 is 13.7 Å². The molecule has 2 rings (SSSR count). The zero-order valence-electron chi connectivity index (χ0n) is 11.7. The Labute approximate surface area is 122 Å². The number of rotatable bonds is 3. The molecule has 0 atom stereocenters. The van der Waals surface area contributed by atoms with Gasteiger partial charge in [-0.1, -0.05) is 17.7 Å². The first-order valence-electron chi connectivity index (χ1n) is 6.23. The van der Waals surface area contributed by atoms with Crippen LogP contribution in [0.25, 0.3) is 0 Å². The summed E-state index contributed by atoms with van der Waals surface area (Å²) in [4.78, 5) is 0. The molecule has 0 amide bonds. The first-order valence-corrected chi connectivity index (χ1v) is 6.61. The van der Waals surface area contributed by atoms with E-state index in [0.717, 1.165) is 0 Å². The summed E-state index contributed by atoms with van der Waals surface area (Å²) < 4.78 is 41.1. The smallest absolute Gasteiger partial charge is 0.435 e. The van der Waals surface area contributed by atoms with Crippen LogP contribution in [-0.2, 0) is 9.31 Å². The number of ether oxygens (including phenoxy) is 1. The normalized spacial score (nSPS) is 20.5. The third-order valence-electron chi connectivity index (χ3n) is 3.72. The highest BCUT2D eigenvalue weighted by molar-refractivity contribution is 6.66. The Kier molecular flexibility index (Phi) is 4.02. The molecular formula is C13H16BClF2O3. The van der Waals surface area contributed by atoms with E-state index in [2.05, 4.69) is 4.74 Å². The standard InChI is InChI=1S/C13H16BClF2O3/c1-12(2)13(3,4)20-14(19-12)10-8(15)6-5-7-9(10)18-11(16)17/h5-7,11H,1-4H3. The lowest BCUT2D eigenvalue weighted by Crippen LogP contribution is -2.41. The van der Waals surface area contributed by atoms with Crippen LogP contribution in [0.2, 0.25) is 5.02 Å². The average Bonchev–Trinajstić information content (AvgIpc) is 2.46. The van der Waals surface area contributed by atoms with Gasteiger partial charge in [0.2, 0.25) is 0 Å². The number of hydrogen-bond acceptors (Lipinski definition) is 3. The molecule has 0 radical (unpaired) electrons. The summed E-state index contributed by atoms with van der Waals surface area (Å²) in [6.07, 6.45) is 0. The molecule has 0 unspecified atom stereocenters. The van der Waals surface area contributed by atoms with Gasteiger partial charge in [0.05, 0.1) is 11.2 Å². The van der Waals surface area contributed by atoms with Gasteiger partial charge in [0.15, 0.2) is 0 Å². The summed E-state index contributed by atoms with van der Waals surface area (Å²) in [6, 6.07) is 4.54. The highest BCUT2D eigenvalue weighted by Crippen LogP contribution is 2.38. The molecule has 0 bridgehead atoms. The summed E-state index contributed by atoms with van der Waals surface area (Å²) in [5, 5.41) is 0.265. The molecule has 20 heavy (non-hydrogen) atoms. The Morgan fingerprint density at radius 2 is 1.70 bits per heavy atom. The summed E-state index contributed by atoms with van der Waals surface area (Å²) in [6.45, 7) is 4.55. The maximum Gasteiger partial charge on any atom is 0.500 e. The topological polar surface area (TPSA) is 27.7 Å². The van der Waals surface area contributed by atoms with E-state index in [1.807, 2.05) is 27.7 Å². The molecule has 0 saturated carbocycles. The molecule has 1 aromatic rings. The Balaban J connectivity index is 2.39. The van der Waals surface area contributed by atoms with E-state index >= 15 is 0 Å². The van der Waals surface area contributed by atoms with Crippen molar-refractivity contribution in [2.24, 2.45) is 0 Å². The minimum absolute atomic E-state index is 0.0361. The zero-order valence-corrected chi connectivity index (χ0v) is 12.5. The lowest BCUT2D eigenvalue weighted by Gasteiger charge is -2.32. The summed E-state index contributed by atoms with van der Waals surface area (Å²) >= 11 is 6.09. The highest BCUT2D eigenvalue weighted by atomic mass is 35.5. The van der Waals surface area contributed by atoms with E-state index < -0.39 is 24.9 Å². The van der Waals surface area contributed by atoms with Crippen LogP contribution in [0.4, 0.5) is 8.78 Å². The molecule has 110 valence electrons. The third-order valence-corrected chi connectivity index (χ3v) is 4.05. The molecule has 0 spiro atoms. The first kappa shape index (κ1) is 15.5. The van der Waals surface area contributed by atoms with Gasteiger partial charge in [0.25, 0.3) is 0 Å². The fraction of sp³-hybridized carbons (Fsp3) is 0.538. The molecular weight excluding hydrogens is 288 g/mol. The Morgan fingerprint density at radius 1 is 1.15 bits per heavy atom. The molecule has 3 nitrogen and oxygen atoms in total. The zero-order chi connectivity index (χ0) is 15.1. The van der Waals surface area contributed by atoms with Crippen molar-refractivity contribution in [3.8, 4) is 5.75 Å². The van der Waals surface area contributed by atoms with Crippen molar-refractivity contribution < 1.29 is 22.8 Å². The first-order chi connectivity index (χ1) is 9.14. The van der Waals surface area contributed by atoms with Gasteiger partial charge in [-0.25, -0.2) is 0 Å². The summed E-state index contributed by atoms with van der Waals surface area (Å²) in [7, 11) is -0.845. The Hall–Kier alpha value is -0.845. The number of benzene rings is 1. The van der Waals surface area contributed by atoms with E-state index in [9.17, 15) is 8.78 Å². The molecule has 1 fully saturated rings. The van der Waals surface area contributed by atoms with Gasteiger partial charge < -0.3 is 14.0 Å². The average molecular weight is 305 g/mol. The number of alkyl halides is 2. The van der Waals surface area contributed by atoms with Crippen molar-refractivity contribution in [2.75, 3.05) is 0 Å². The maximum absolute atomic E-state index is 12.5. The summed E-state index contributed by atoms with van der Waals surface area (Å²) in [5.41, 5.74) is -0.883. The van der Waals surface area contributed by atoms with Gasteiger partial charge in [-0.15, -0.1) is 0 Å². The van der Waals surface area contributed by atoms with Gasteiger partial charge in [-0.3, -0.25) is 0 Å². The molecule has 1 heterocycles. The molecule has 7 heteroatoms. The largest absolute Gasteiger partial charge is 0.500 e. The van der Waals surface area contributed by atoms with Crippen molar-refractivity contribution in [2.45, 2.75) is 45.5 Å². The van der Waals surface area contributed by atoms with E-state index in [-0.39, 0.29) is 16.2 Å². The van der Waals surface area contributed by atoms with E-state index in [4.69, 9.17) is 20.9 Å². The lowest BCUT2D eigenvalue weighted by molar-refractivity contribution is -0.0492. The number of hydrogen-bond donors (Lipinski definition) is 0. The second-order valence-corrected chi connectivity index (χ2v) is 6.03. The highest BCUT2D eigenvalue weighted by Gasteiger charge is 2.53. The summed E-state index contributed by atoms with van der Waals surface area (Å²) in [5.74, 6) is -0.0361. The van der Waals surface area contributed by atoms with Gasteiger partial charge in [-0.05, 0) is 39.8 Å². The predicted molar refractivity (Wildman–Crippen MR) is 73.8 cm³/mol. The predicted octanol–water partition coefficient (Wildman–Crippen LogP) is 3.24. The fourth-order valence-corrected chi connectivity index (χ4v) is 2.16. The van der Waals surface area contributed by atoms with Crippen LogP contribution >= 0.6 is 11.6 Å². The van der Waals surface area contributed by atoms with Crippen molar-refractivity contribution in [1.82, 2.24) is 0 Å². The van der Waals surface area contributed by atoms with Crippen LogP contribution in [0.5, 0.6) is 5.75 Å². The van der Waals surface area contributed by atoms with E-state index in [1.165, 1.54) is 12.1 Å². The van der Waals surface area contributed by atoms with Crippen molar-refractivity contribution in [1.29, 1.82) is 0 Å². The minimum Gasteiger partial charge on any atom is -0.435 e. The van der Waals surface area contributed by atoms with Crippen LogP contribution in [-0.4, -0.2) is 24.9 Å². The Morgan fingerprint density at radius 3 is 2.20 bits per heavy atom. The SMILES string of the molecule is CC1(C)OB(c2c(Cl)cccc2OC(F)F)OC1(C)C. The van der Waals surface area contributed by atoms with Crippen molar-refractivity contribution in [3.63, 3.8) is 0 Å². The molecule has 1 aliphatic heterocycles. The van der Waals surface area contributed by atoms with Crippen LogP contribution in [0.15, 0.2) is 18.2 Å². The van der Waals surface area contributed by atoms with E-state index in [1.54, 1.807) is 6.07 Å². The monoisotopic (exact) mass is 304 g/mol. The van der Waals surface area contributed by atoms with Crippen molar-refractivity contribution in [3.05, 3.63) is 23.2 Å². The van der Waals surface area contributed by atoms with Crippen LogP contribution in [0, 0.1) is 0 Å². The van der Waals surface area contributed by atoms with Crippen LogP contribution in [0.1, 0.15) is 27.7 Å². The van der Waals surface area contributed by atoms with Crippen LogP contribution < -0.4 is 10.2 Å². The van der Waals surface area contributed by atoms with E-state index in [0.29, 0.717) is 0 Å². The third kappa shape index (κ3) is 2.78. The molecule has 0 aliphatic carbocycles. The van der Waals surface area contributed by atoms with Crippen molar-refractivity contribution >= 4 is 24.2 Å². The second-order valence-electron chi connectivity index (χ2n) is 5.62. The van der Waals surface area contributed by atoms with Gasteiger partial charge in [0.1, 0.15) is 5.75 Å². The maximum atomic E-state index is 12.5. The van der Waals surface area contributed by atoms with Gasteiger partial charge in [0, 0.05) is 10.5 Å². The van der Waals surface area contributed by atoms with Gasteiger partial charge in [-0.2, -0.15) is 8.78 Å². The Bertz CT molecular complexity index is 492. The molecule has 0 aromatic heterocycles. The fourth-order valence-electron chi connectivity index (χ4n) is 1.91. The lowest BCUT2D eigenvalue weighted by atomic mass is 9.78. The molecule has 0 N–H and O–H groups in total. The second kappa shape index (κ2) is 5.17. The molecule has 1 saturated heterocycles. The minimum atomic E-state index is -2.94. The molecule has 1 aliphatic rings. The molecule has 1 aromatic carbocycles. The van der Waals surface area contributed by atoms with Crippen LogP contribution in [0.3, 0.4) is 0 Å². The quantitative estimate of drug-likeness (QED) is 0.802. The number of halogens is 3.